The summed E-state index contributed by atoms with van der Waals surface area (Å²) >= 11 is 0. The normalized spacial score (nSPS) is 12.6. The van der Waals surface area contributed by atoms with Gasteiger partial charge in [-0.15, -0.1) is 0 Å². The van der Waals surface area contributed by atoms with Gasteiger partial charge in [-0.2, -0.15) is 13.2 Å². The zero-order valence-electron chi connectivity index (χ0n) is 8.18. The predicted octanol–water partition coefficient (Wildman–Crippen LogP) is 2.35. The van der Waals surface area contributed by atoms with Crippen molar-refractivity contribution in [2.24, 2.45) is 0 Å². The lowest BCUT2D eigenvalue weighted by Crippen LogP contribution is -2.54. The van der Waals surface area contributed by atoms with Crippen molar-refractivity contribution >= 4 is 5.91 Å². The highest BCUT2D eigenvalue weighted by atomic mass is 19.4. The SMILES string of the molecule is CC(C)(NC(=O)c1ccoc1)C(F)(F)F. The lowest BCUT2D eigenvalue weighted by Gasteiger charge is -2.28. The van der Waals surface area contributed by atoms with E-state index in [9.17, 15) is 18.0 Å². The van der Waals surface area contributed by atoms with Crippen LogP contribution in [0.3, 0.4) is 0 Å². The molecule has 3 nitrogen and oxygen atoms in total. The molecule has 0 aliphatic rings. The Bertz CT molecular complexity index is 341. The van der Waals surface area contributed by atoms with Gasteiger partial charge in [0.15, 0.2) is 0 Å². The van der Waals surface area contributed by atoms with Crippen LogP contribution >= 0.6 is 0 Å². The molecule has 1 N–H and O–H groups in total. The van der Waals surface area contributed by atoms with E-state index in [2.05, 4.69) is 4.42 Å². The standard InChI is InChI=1S/C9H10F3NO2/c1-8(2,9(10,11)12)13-7(14)6-3-4-15-5-6/h3-5H,1-2H3,(H,13,14). The van der Waals surface area contributed by atoms with Crippen molar-refractivity contribution in [3.63, 3.8) is 0 Å². The molecular weight excluding hydrogens is 211 g/mol. The lowest BCUT2D eigenvalue weighted by molar-refractivity contribution is -0.182. The number of amides is 1. The first-order chi connectivity index (χ1) is 6.74. The van der Waals surface area contributed by atoms with Gasteiger partial charge in [0.1, 0.15) is 11.8 Å². The van der Waals surface area contributed by atoms with Crippen molar-refractivity contribution in [2.75, 3.05) is 0 Å². The topological polar surface area (TPSA) is 42.2 Å². The minimum absolute atomic E-state index is 0.0623. The largest absolute Gasteiger partial charge is 0.472 e. The molecule has 1 heterocycles. The number of alkyl halides is 3. The molecule has 0 bridgehead atoms. The monoisotopic (exact) mass is 221 g/mol. The molecule has 84 valence electrons. The average Bonchev–Trinajstić information content (AvgIpc) is 2.51. The molecule has 1 amide bonds. The summed E-state index contributed by atoms with van der Waals surface area (Å²) in [5.41, 5.74) is -2.20. The van der Waals surface area contributed by atoms with Crippen molar-refractivity contribution in [2.45, 2.75) is 25.6 Å². The average molecular weight is 221 g/mol. The molecule has 0 saturated heterocycles. The number of rotatable bonds is 2. The summed E-state index contributed by atoms with van der Waals surface area (Å²) < 4.78 is 41.8. The van der Waals surface area contributed by atoms with E-state index in [1.165, 1.54) is 12.3 Å². The molecule has 0 fully saturated rings. The van der Waals surface area contributed by atoms with Gasteiger partial charge in [-0.25, -0.2) is 0 Å². The van der Waals surface area contributed by atoms with E-state index in [0.717, 1.165) is 20.1 Å². The van der Waals surface area contributed by atoms with Crippen molar-refractivity contribution in [3.8, 4) is 0 Å². The van der Waals surface area contributed by atoms with Gasteiger partial charge in [0.05, 0.1) is 11.8 Å². The van der Waals surface area contributed by atoms with Gasteiger partial charge < -0.3 is 9.73 Å². The maximum atomic E-state index is 12.4. The highest BCUT2D eigenvalue weighted by molar-refractivity contribution is 5.94. The van der Waals surface area contributed by atoms with Gasteiger partial charge in [-0.05, 0) is 19.9 Å². The number of hydrogen-bond acceptors (Lipinski definition) is 2. The van der Waals surface area contributed by atoms with Crippen LogP contribution in [0.2, 0.25) is 0 Å². The van der Waals surface area contributed by atoms with E-state index in [4.69, 9.17) is 0 Å². The Labute approximate surface area is 84.3 Å². The molecule has 0 radical (unpaired) electrons. The van der Waals surface area contributed by atoms with Crippen molar-refractivity contribution < 1.29 is 22.4 Å². The van der Waals surface area contributed by atoms with E-state index in [-0.39, 0.29) is 5.56 Å². The third-order valence-corrected chi connectivity index (χ3v) is 1.92. The highest BCUT2D eigenvalue weighted by Gasteiger charge is 2.48. The zero-order valence-corrected chi connectivity index (χ0v) is 8.18. The van der Waals surface area contributed by atoms with E-state index >= 15 is 0 Å². The Morgan fingerprint density at radius 1 is 1.40 bits per heavy atom. The smallest absolute Gasteiger partial charge is 0.410 e. The summed E-state index contributed by atoms with van der Waals surface area (Å²) in [6.45, 7) is 1.79. The first-order valence-corrected chi connectivity index (χ1v) is 4.15. The third kappa shape index (κ3) is 2.51. The fourth-order valence-electron chi connectivity index (χ4n) is 0.821. The minimum Gasteiger partial charge on any atom is -0.472 e. The molecule has 0 aromatic carbocycles. The Hall–Kier alpha value is -1.46. The Morgan fingerprint density at radius 3 is 2.40 bits per heavy atom. The second-order valence-electron chi connectivity index (χ2n) is 3.59. The summed E-state index contributed by atoms with van der Waals surface area (Å²) in [5.74, 6) is -0.814. The Kier molecular flexibility index (Phi) is 2.79. The van der Waals surface area contributed by atoms with Gasteiger partial charge in [-0.3, -0.25) is 4.79 Å². The van der Waals surface area contributed by atoms with Gasteiger partial charge in [0, 0.05) is 0 Å². The molecule has 0 unspecified atom stereocenters. The number of carbonyl (C=O) groups is 1. The van der Waals surface area contributed by atoms with Gasteiger partial charge in [-0.1, -0.05) is 0 Å². The summed E-state index contributed by atoms with van der Waals surface area (Å²) in [6, 6.07) is 1.29. The third-order valence-electron chi connectivity index (χ3n) is 1.92. The Balaban J connectivity index is 2.75. The van der Waals surface area contributed by atoms with E-state index < -0.39 is 17.6 Å². The van der Waals surface area contributed by atoms with Crippen LogP contribution in [-0.2, 0) is 0 Å². The van der Waals surface area contributed by atoms with Crippen molar-refractivity contribution in [1.82, 2.24) is 5.32 Å². The maximum absolute atomic E-state index is 12.4. The van der Waals surface area contributed by atoms with Crippen LogP contribution in [0.5, 0.6) is 0 Å². The van der Waals surface area contributed by atoms with Crippen LogP contribution in [-0.4, -0.2) is 17.6 Å². The highest BCUT2D eigenvalue weighted by Crippen LogP contribution is 2.29. The van der Waals surface area contributed by atoms with Crippen LogP contribution in [0.15, 0.2) is 23.0 Å². The van der Waals surface area contributed by atoms with Crippen LogP contribution in [0.1, 0.15) is 24.2 Å². The molecular formula is C9H10F3NO2. The molecule has 15 heavy (non-hydrogen) atoms. The van der Waals surface area contributed by atoms with Gasteiger partial charge in [0.25, 0.3) is 5.91 Å². The van der Waals surface area contributed by atoms with Crippen LogP contribution in [0.4, 0.5) is 13.2 Å². The molecule has 6 heteroatoms. The van der Waals surface area contributed by atoms with Crippen molar-refractivity contribution in [1.29, 1.82) is 0 Å². The predicted molar refractivity (Wildman–Crippen MR) is 46.3 cm³/mol. The summed E-state index contributed by atoms with van der Waals surface area (Å²) in [5, 5.41) is 1.87. The summed E-state index contributed by atoms with van der Waals surface area (Å²) in [7, 11) is 0. The molecule has 1 aromatic rings. The first kappa shape index (κ1) is 11.6. The fraction of sp³-hybridized carbons (Fsp3) is 0.444. The van der Waals surface area contributed by atoms with E-state index in [1.807, 2.05) is 5.32 Å². The molecule has 0 aliphatic carbocycles. The maximum Gasteiger partial charge on any atom is 0.410 e. The summed E-state index contributed by atoms with van der Waals surface area (Å²) in [4.78, 5) is 11.3. The number of hydrogen-bond donors (Lipinski definition) is 1. The van der Waals surface area contributed by atoms with E-state index in [0.29, 0.717) is 0 Å². The number of halogens is 3. The fourth-order valence-corrected chi connectivity index (χ4v) is 0.821. The number of carbonyl (C=O) groups excluding carboxylic acids is 1. The second kappa shape index (κ2) is 3.60. The lowest BCUT2D eigenvalue weighted by atomic mass is 10.0. The molecule has 0 spiro atoms. The minimum atomic E-state index is -4.49. The number of nitrogens with one attached hydrogen (secondary N) is 1. The molecule has 1 aromatic heterocycles. The zero-order chi connectivity index (χ0) is 11.7. The molecule has 1 rings (SSSR count). The van der Waals surface area contributed by atoms with Crippen LogP contribution in [0, 0.1) is 0 Å². The molecule has 0 saturated carbocycles. The Morgan fingerprint density at radius 2 is 2.00 bits per heavy atom. The van der Waals surface area contributed by atoms with Crippen molar-refractivity contribution in [3.05, 3.63) is 24.2 Å². The summed E-state index contributed by atoms with van der Waals surface area (Å²) in [6.07, 6.45) is -2.19. The molecule has 0 aliphatic heterocycles. The number of furan rings is 1. The van der Waals surface area contributed by atoms with Crippen LogP contribution < -0.4 is 5.32 Å². The van der Waals surface area contributed by atoms with Gasteiger partial charge in [0.2, 0.25) is 0 Å². The van der Waals surface area contributed by atoms with E-state index in [1.54, 1.807) is 0 Å². The first-order valence-electron chi connectivity index (χ1n) is 4.15. The van der Waals surface area contributed by atoms with Crippen LogP contribution in [0.25, 0.3) is 0 Å². The second-order valence-corrected chi connectivity index (χ2v) is 3.59. The quantitative estimate of drug-likeness (QED) is 0.832. The molecule has 0 atom stereocenters. The van der Waals surface area contributed by atoms with Gasteiger partial charge >= 0.3 is 6.18 Å².